The molecule has 0 fully saturated rings. The second kappa shape index (κ2) is 9.56. The van der Waals surface area contributed by atoms with Crippen LogP contribution in [0.3, 0.4) is 0 Å². The first-order valence-electron chi connectivity index (χ1n) is 9.23. The lowest BCUT2D eigenvalue weighted by atomic mass is 10.1. The summed E-state index contributed by atoms with van der Waals surface area (Å²) >= 11 is 0. The van der Waals surface area contributed by atoms with Crippen LogP contribution in [-0.4, -0.2) is 42.0 Å². The van der Waals surface area contributed by atoms with Crippen LogP contribution in [0.15, 0.2) is 53.1 Å². The average molecular weight is 421 g/mol. The number of ether oxygens (including phenoxy) is 2. The van der Waals surface area contributed by atoms with Gasteiger partial charge < -0.3 is 24.4 Å². The van der Waals surface area contributed by atoms with E-state index in [-0.39, 0.29) is 28.6 Å². The van der Waals surface area contributed by atoms with E-state index in [1.807, 2.05) is 13.0 Å². The van der Waals surface area contributed by atoms with E-state index in [4.69, 9.17) is 19.3 Å². The van der Waals surface area contributed by atoms with Crippen molar-refractivity contribution in [2.24, 2.45) is 0 Å². The highest BCUT2D eigenvalue weighted by Gasteiger charge is 2.20. The summed E-state index contributed by atoms with van der Waals surface area (Å²) in [6, 6.07) is 14.4. The smallest absolute Gasteiger partial charge is 0.337 e. The normalized spacial score (nSPS) is 11.4. The largest absolute Gasteiger partial charge is 0.488 e. The van der Waals surface area contributed by atoms with Gasteiger partial charge in [-0.3, -0.25) is 4.79 Å². The summed E-state index contributed by atoms with van der Waals surface area (Å²) in [6.45, 7) is 2.26. The van der Waals surface area contributed by atoms with E-state index in [1.165, 1.54) is 24.3 Å². The molecule has 0 saturated heterocycles. The number of hydrogen-bond acceptors (Lipinski definition) is 7. The van der Waals surface area contributed by atoms with Gasteiger partial charge in [-0.15, -0.1) is 0 Å². The molecule has 1 amide bonds. The summed E-state index contributed by atoms with van der Waals surface area (Å²) in [5.41, 5.74) is 0.552. The monoisotopic (exact) mass is 421 g/mol. The van der Waals surface area contributed by atoms with E-state index < -0.39 is 11.9 Å². The SMILES string of the molecule is COCC(C)Oc1ccccc1-c1cc(C(=O)Nc2ccc(C#N)cc2C(=O)O)no1. The van der Waals surface area contributed by atoms with Crippen LogP contribution in [0.4, 0.5) is 5.69 Å². The Morgan fingerprint density at radius 2 is 2.03 bits per heavy atom. The van der Waals surface area contributed by atoms with Crippen molar-refractivity contribution in [2.75, 3.05) is 19.0 Å². The number of amides is 1. The summed E-state index contributed by atoms with van der Waals surface area (Å²) in [7, 11) is 1.58. The number of carbonyl (C=O) groups is 2. The van der Waals surface area contributed by atoms with Gasteiger partial charge in [0.1, 0.15) is 11.9 Å². The van der Waals surface area contributed by atoms with Crippen LogP contribution in [-0.2, 0) is 4.74 Å². The molecule has 0 spiro atoms. The van der Waals surface area contributed by atoms with Crippen LogP contribution in [0.5, 0.6) is 5.75 Å². The van der Waals surface area contributed by atoms with Gasteiger partial charge in [0.05, 0.1) is 35.1 Å². The number of methoxy groups -OCH3 is 1. The quantitative estimate of drug-likeness (QED) is 0.563. The van der Waals surface area contributed by atoms with Crippen molar-refractivity contribution in [1.29, 1.82) is 5.26 Å². The topological polar surface area (TPSA) is 135 Å². The number of carbonyl (C=O) groups excluding carboxylic acids is 1. The van der Waals surface area contributed by atoms with Crippen molar-refractivity contribution < 1.29 is 28.7 Å². The second-order valence-corrected chi connectivity index (χ2v) is 6.59. The van der Waals surface area contributed by atoms with Crippen molar-refractivity contribution in [3.63, 3.8) is 0 Å². The molecule has 0 aliphatic carbocycles. The first-order chi connectivity index (χ1) is 14.9. The average Bonchev–Trinajstić information content (AvgIpc) is 3.24. The van der Waals surface area contributed by atoms with Crippen molar-refractivity contribution in [2.45, 2.75) is 13.0 Å². The number of aromatic nitrogens is 1. The predicted molar refractivity (Wildman–Crippen MR) is 110 cm³/mol. The number of nitrogens with one attached hydrogen (secondary N) is 1. The highest BCUT2D eigenvalue weighted by Crippen LogP contribution is 2.31. The lowest BCUT2D eigenvalue weighted by Gasteiger charge is -2.15. The third-order valence-electron chi connectivity index (χ3n) is 4.25. The number of hydrogen-bond donors (Lipinski definition) is 2. The van der Waals surface area contributed by atoms with Crippen molar-refractivity contribution >= 4 is 17.6 Å². The minimum absolute atomic E-state index is 0.0400. The molecule has 3 aromatic rings. The predicted octanol–water partition coefficient (Wildman–Crippen LogP) is 3.58. The highest BCUT2D eigenvalue weighted by atomic mass is 16.5. The molecule has 2 aromatic carbocycles. The minimum atomic E-state index is -1.27. The number of para-hydroxylation sites is 1. The molecule has 0 radical (unpaired) electrons. The molecule has 1 atom stereocenters. The first-order valence-corrected chi connectivity index (χ1v) is 9.23. The van der Waals surface area contributed by atoms with E-state index in [9.17, 15) is 14.7 Å². The third-order valence-corrected chi connectivity index (χ3v) is 4.25. The Balaban J connectivity index is 1.83. The van der Waals surface area contributed by atoms with Gasteiger partial charge in [0.2, 0.25) is 0 Å². The molecule has 0 aliphatic rings. The number of nitrogens with zero attached hydrogens (tertiary/aromatic N) is 2. The van der Waals surface area contributed by atoms with Crippen molar-refractivity contribution in [1.82, 2.24) is 5.16 Å². The number of rotatable bonds is 8. The third kappa shape index (κ3) is 5.07. The van der Waals surface area contributed by atoms with Gasteiger partial charge in [0.25, 0.3) is 5.91 Å². The zero-order valence-corrected chi connectivity index (χ0v) is 16.8. The zero-order valence-electron chi connectivity index (χ0n) is 16.8. The molecule has 3 rings (SSSR count). The maximum absolute atomic E-state index is 12.6. The molecule has 9 heteroatoms. The fourth-order valence-electron chi connectivity index (χ4n) is 2.85. The summed E-state index contributed by atoms with van der Waals surface area (Å²) in [6.07, 6.45) is -0.206. The van der Waals surface area contributed by atoms with Gasteiger partial charge in [0.15, 0.2) is 11.5 Å². The van der Waals surface area contributed by atoms with Crippen LogP contribution in [0.1, 0.15) is 33.3 Å². The number of carboxylic acid groups (broad SMARTS) is 1. The van der Waals surface area contributed by atoms with E-state index in [0.29, 0.717) is 23.7 Å². The fourth-order valence-corrected chi connectivity index (χ4v) is 2.85. The first kappa shape index (κ1) is 21.5. The number of aromatic carboxylic acids is 1. The molecule has 31 heavy (non-hydrogen) atoms. The fraction of sp³-hybridized carbons (Fsp3) is 0.182. The molecular formula is C22H19N3O6. The Morgan fingerprint density at radius 1 is 1.26 bits per heavy atom. The molecule has 1 unspecified atom stereocenters. The van der Waals surface area contributed by atoms with Crippen LogP contribution >= 0.6 is 0 Å². The van der Waals surface area contributed by atoms with Gasteiger partial charge in [-0.1, -0.05) is 17.3 Å². The molecule has 9 nitrogen and oxygen atoms in total. The molecule has 0 bridgehead atoms. The Labute approximate surface area is 177 Å². The van der Waals surface area contributed by atoms with Crippen LogP contribution in [0.2, 0.25) is 0 Å². The van der Waals surface area contributed by atoms with Gasteiger partial charge >= 0.3 is 5.97 Å². The van der Waals surface area contributed by atoms with Crippen LogP contribution in [0, 0.1) is 11.3 Å². The molecule has 1 heterocycles. The van der Waals surface area contributed by atoms with E-state index >= 15 is 0 Å². The molecule has 0 saturated carbocycles. The highest BCUT2D eigenvalue weighted by molar-refractivity contribution is 6.07. The molecular weight excluding hydrogens is 402 g/mol. The summed E-state index contributed by atoms with van der Waals surface area (Å²) in [5.74, 6) is -1.09. The second-order valence-electron chi connectivity index (χ2n) is 6.59. The molecule has 2 N–H and O–H groups in total. The number of carboxylic acids is 1. The Kier molecular flexibility index (Phi) is 6.64. The molecule has 0 aliphatic heterocycles. The van der Waals surface area contributed by atoms with E-state index in [0.717, 1.165) is 0 Å². The van der Waals surface area contributed by atoms with E-state index in [1.54, 1.807) is 31.4 Å². The van der Waals surface area contributed by atoms with Gasteiger partial charge in [0, 0.05) is 13.2 Å². The Morgan fingerprint density at radius 3 is 2.74 bits per heavy atom. The molecule has 158 valence electrons. The number of benzene rings is 2. The van der Waals surface area contributed by atoms with Crippen molar-refractivity contribution in [3.8, 4) is 23.1 Å². The minimum Gasteiger partial charge on any atom is -0.488 e. The molecule has 1 aromatic heterocycles. The lowest BCUT2D eigenvalue weighted by Crippen LogP contribution is -2.18. The van der Waals surface area contributed by atoms with Crippen molar-refractivity contribution in [3.05, 3.63) is 65.4 Å². The number of anilines is 1. The van der Waals surface area contributed by atoms with E-state index in [2.05, 4.69) is 10.5 Å². The van der Waals surface area contributed by atoms with Crippen LogP contribution in [0.25, 0.3) is 11.3 Å². The summed E-state index contributed by atoms with van der Waals surface area (Å²) in [4.78, 5) is 24.0. The number of nitriles is 1. The lowest BCUT2D eigenvalue weighted by molar-refractivity contribution is 0.0698. The van der Waals surface area contributed by atoms with Gasteiger partial charge in [-0.2, -0.15) is 5.26 Å². The van der Waals surface area contributed by atoms with Gasteiger partial charge in [-0.05, 0) is 37.3 Å². The Hall–Kier alpha value is -4.16. The summed E-state index contributed by atoms with van der Waals surface area (Å²) < 4.78 is 16.3. The Bertz CT molecular complexity index is 1150. The maximum Gasteiger partial charge on any atom is 0.337 e. The standard InChI is InChI=1S/C22H19N3O6/c1-13(12-29-2)30-19-6-4-3-5-15(19)20-10-18(25-31-20)21(26)24-17-8-7-14(11-23)9-16(17)22(27)28/h3-10,13H,12H2,1-2H3,(H,24,26)(H,27,28). The van der Waals surface area contributed by atoms with Gasteiger partial charge in [-0.25, -0.2) is 4.79 Å². The summed E-state index contributed by atoms with van der Waals surface area (Å²) in [5, 5.41) is 24.6. The maximum atomic E-state index is 12.6. The van der Waals surface area contributed by atoms with Crippen LogP contribution < -0.4 is 10.1 Å². The zero-order chi connectivity index (χ0) is 22.4.